The Morgan fingerprint density at radius 2 is 2.05 bits per heavy atom. The summed E-state index contributed by atoms with van der Waals surface area (Å²) >= 11 is 11.8. The minimum atomic E-state index is -0.394. The van der Waals surface area contributed by atoms with Gasteiger partial charge in [-0.15, -0.1) is 0 Å². The van der Waals surface area contributed by atoms with Gasteiger partial charge in [0.05, 0.1) is 11.3 Å². The number of benzene rings is 1. The number of ether oxygens (including phenoxy) is 1. The van der Waals surface area contributed by atoms with E-state index in [1.807, 2.05) is 6.07 Å². The highest BCUT2D eigenvalue weighted by atomic mass is 35.5. The van der Waals surface area contributed by atoms with Crippen LogP contribution in [0.1, 0.15) is 10.4 Å². The van der Waals surface area contributed by atoms with Gasteiger partial charge in [-0.1, -0.05) is 29.3 Å². The first-order valence-electron chi connectivity index (χ1n) is 6.14. The number of hydrogen-bond donors (Lipinski definition) is 2. The van der Waals surface area contributed by atoms with Crippen molar-refractivity contribution < 1.29 is 9.53 Å². The van der Waals surface area contributed by atoms with Crippen molar-refractivity contribution in [3.63, 3.8) is 0 Å². The molecule has 108 valence electrons. The Morgan fingerprint density at radius 3 is 2.81 bits per heavy atom. The average molecular weight is 325 g/mol. The maximum atomic E-state index is 12.4. The van der Waals surface area contributed by atoms with Crippen LogP contribution in [0.2, 0.25) is 10.3 Å². The number of hydrogen-bond acceptors (Lipinski definition) is 5. The van der Waals surface area contributed by atoms with Crippen molar-refractivity contribution in [1.29, 1.82) is 0 Å². The fourth-order valence-corrected chi connectivity index (χ4v) is 2.39. The smallest absolute Gasteiger partial charge is 0.259 e. The molecule has 0 aliphatic carbocycles. The van der Waals surface area contributed by atoms with E-state index in [4.69, 9.17) is 27.9 Å². The van der Waals surface area contributed by atoms with Crippen molar-refractivity contribution in [1.82, 2.24) is 9.97 Å². The van der Waals surface area contributed by atoms with Crippen molar-refractivity contribution in [2.45, 2.75) is 0 Å². The number of fused-ring (bicyclic) bond motifs is 1. The zero-order valence-electron chi connectivity index (χ0n) is 10.7. The molecule has 0 unspecified atom stereocenters. The van der Waals surface area contributed by atoms with Crippen LogP contribution in [0.25, 0.3) is 0 Å². The molecule has 21 heavy (non-hydrogen) atoms. The molecular weight excluding hydrogens is 315 g/mol. The minimum Gasteiger partial charge on any atom is -0.489 e. The maximum absolute atomic E-state index is 12.4. The lowest BCUT2D eigenvalue weighted by Gasteiger charge is -2.21. The second-order valence-corrected chi connectivity index (χ2v) is 4.96. The Balaban J connectivity index is 1.93. The first-order chi connectivity index (χ1) is 10.2. The summed E-state index contributed by atoms with van der Waals surface area (Å²) < 4.78 is 5.55. The van der Waals surface area contributed by atoms with E-state index in [1.54, 1.807) is 12.1 Å². The molecule has 2 N–H and O–H groups in total. The van der Waals surface area contributed by atoms with Crippen LogP contribution in [0, 0.1) is 0 Å². The van der Waals surface area contributed by atoms with Gasteiger partial charge in [0.15, 0.2) is 16.1 Å². The molecule has 2 heterocycles. The quantitative estimate of drug-likeness (QED) is 0.831. The Bertz CT molecular complexity index is 688. The number of rotatable bonds is 2. The van der Waals surface area contributed by atoms with Gasteiger partial charge in [0.25, 0.3) is 5.91 Å². The molecule has 0 saturated heterocycles. The molecule has 8 heteroatoms. The second-order valence-electron chi connectivity index (χ2n) is 4.24. The standard InChI is InChI=1S/C13H10Cl2N4O2/c14-11-9(12(15)18-6-17-11)19-13(20)7-2-1-3-8-10(7)21-5-4-16-8/h1-3,6,16H,4-5H2,(H,19,20). The Kier molecular flexibility index (Phi) is 3.81. The first-order valence-corrected chi connectivity index (χ1v) is 6.89. The lowest BCUT2D eigenvalue weighted by molar-refractivity contribution is 0.102. The normalized spacial score (nSPS) is 12.9. The lowest BCUT2D eigenvalue weighted by atomic mass is 10.1. The first kappa shape index (κ1) is 13.9. The summed E-state index contributed by atoms with van der Waals surface area (Å²) in [6.45, 7) is 1.19. The van der Waals surface area contributed by atoms with Gasteiger partial charge in [-0.3, -0.25) is 4.79 Å². The van der Waals surface area contributed by atoms with E-state index < -0.39 is 5.91 Å². The highest BCUT2D eigenvalue weighted by Crippen LogP contribution is 2.33. The van der Waals surface area contributed by atoms with Crippen molar-refractivity contribution in [2.24, 2.45) is 0 Å². The number of amides is 1. The molecule has 0 radical (unpaired) electrons. The zero-order chi connectivity index (χ0) is 14.8. The Labute approximate surface area is 130 Å². The topological polar surface area (TPSA) is 76.1 Å². The molecule has 0 spiro atoms. The highest BCUT2D eigenvalue weighted by molar-refractivity contribution is 6.38. The zero-order valence-corrected chi connectivity index (χ0v) is 12.2. The number of nitrogens with one attached hydrogen (secondary N) is 2. The number of anilines is 2. The summed E-state index contributed by atoms with van der Waals surface area (Å²) in [4.78, 5) is 20.0. The van der Waals surface area contributed by atoms with Crippen LogP contribution in [-0.4, -0.2) is 29.0 Å². The minimum absolute atomic E-state index is 0.0761. The molecule has 0 saturated carbocycles. The summed E-state index contributed by atoms with van der Waals surface area (Å²) in [6.07, 6.45) is 1.22. The summed E-state index contributed by atoms with van der Waals surface area (Å²) in [5.41, 5.74) is 1.33. The fraction of sp³-hybridized carbons (Fsp3) is 0.154. The van der Waals surface area contributed by atoms with E-state index in [9.17, 15) is 4.79 Å². The maximum Gasteiger partial charge on any atom is 0.259 e. The van der Waals surface area contributed by atoms with Crippen molar-refractivity contribution >= 4 is 40.5 Å². The molecule has 1 amide bonds. The Morgan fingerprint density at radius 1 is 1.29 bits per heavy atom. The van der Waals surface area contributed by atoms with Crippen LogP contribution in [-0.2, 0) is 0 Å². The van der Waals surface area contributed by atoms with Crippen LogP contribution in [0.5, 0.6) is 5.75 Å². The number of halogens is 2. The van der Waals surface area contributed by atoms with Crippen molar-refractivity contribution in [2.75, 3.05) is 23.8 Å². The van der Waals surface area contributed by atoms with E-state index in [0.29, 0.717) is 24.5 Å². The fourth-order valence-electron chi connectivity index (χ4n) is 1.98. The molecule has 0 fully saturated rings. The third kappa shape index (κ3) is 2.72. The number of nitrogens with zero attached hydrogens (tertiary/aromatic N) is 2. The van der Waals surface area contributed by atoms with Gasteiger partial charge < -0.3 is 15.4 Å². The summed E-state index contributed by atoms with van der Waals surface area (Å²) in [5.74, 6) is 0.111. The summed E-state index contributed by atoms with van der Waals surface area (Å²) in [6, 6.07) is 5.27. The predicted molar refractivity (Wildman–Crippen MR) is 80.4 cm³/mol. The molecule has 1 aromatic heterocycles. The van der Waals surface area contributed by atoms with Crippen LogP contribution in [0.4, 0.5) is 11.4 Å². The lowest BCUT2D eigenvalue weighted by Crippen LogP contribution is -2.22. The third-order valence-corrected chi connectivity index (χ3v) is 3.49. The molecule has 6 nitrogen and oxygen atoms in total. The molecule has 3 rings (SSSR count). The van der Waals surface area contributed by atoms with Gasteiger partial charge in [0.1, 0.15) is 18.6 Å². The number of carbonyl (C=O) groups is 1. The number of para-hydroxylation sites is 1. The van der Waals surface area contributed by atoms with E-state index >= 15 is 0 Å². The van der Waals surface area contributed by atoms with Gasteiger partial charge in [-0.25, -0.2) is 9.97 Å². The number of carbonyl (C=O) groups excluding carboxylic acids is 1. The van der Waals surface area contributed by atoms with Gasteiger partial charge >= 0.3 is 0 Å². The molecule has 1 aliphatic heterocycles. The van der Waals surface area contributed by atoms with Gasteiger partial charge in [-0.05, 0) is 12.1 Å². The molecule has 2 aromatic rings. The summed E-state index contributed by atoms with van der Waals surface area (Å²) in [7, 11) is 0. The van der Waals surface area contributed by atoms with Crippen molar-refractivity contribution in [3.8, 4) is 5.75 Å². The third-order valence-electron chi connectivity index (χ3n) is 2.92. The van der Waals surface area contributed by atoms with Gasteiger partial charge in [0.2, 0.25) is 0 Å². The Hall–Kier alpha value is -2.05. The van der Waals surface area contributed by atoms with Gasteiger partial charge in [0, 0.05) is 6.54 Å². The molecule has 0 atom stereocenters. The number of aromatic nitrogens is 2. The largest absolute Gasteiger partial charge is 0.489 e. The predicted octanol–water partition coefficient (Wildman–Crippen LogP) is 2.84. The molecule has 1 aromatic carbocycles. The second kappa shape index (κ2) is 5.75. The van der Waals surface area contributed by atoms with Crippen molar-refractivity contribution in [3.05, 3.63) is 40.4 Å². The monoisotopic (exact) mass is 324 g/mol. The molecule has 0 bridgehead atoms. The summed E-state index contributed by atoms with van der Waals surface area (Å²) in [5, 5.41) is 5.92. The van der Waals surface area contributed by atoms with Gasteiger partial charge in [-0.2, -0.15) is 0 Å². The molecule has 1 aliphatic rings. The average Bonchev–Trinajstić information content (AvgIpc) is 2.50. The molecular formula is C13H10Cl2N4O2. The van der Waals surface area contributed by atoms with Crippen LogP contribution in [0.3, 0.4) is 0 Å². The van der Waals surface area contributed by atoms with E-state index in [2.05, 4.69) is 20.6 Å². The SMILES string of the molecule is O=C(Nc1c(Cl)ncnc1Cl)c1cccc2c1OCCN2. The van der Waals surface area contributed by atoms with Crippen LogP contribution >= 0.6 is 23.2 Å². The van der Waals surface area contributed by atoms with Crippen LogP contribution in [0.15, 0.2) is 24.5 Å². The van der Waals surface area contributed by atoms with Crippen LogP contribution < -0.4 is 15.4 Å². The highest BCUT2D eigenvalue weighted by Gasteiger charge is 2.20. The van der Waals surface area contributed by atoms with E-state index in [-0.39, 0.29) is 16.0 Å². The van der Waals surface area contributed by atoms with E-state index in [0.717, 1.165) is 5.69 Å². The van der Waals surface area contributed by atoms with E-state index in [1.165, 1.54) is 6.33 Å².